The van der Waals surface area contributed by atoms with Gasteiger partial charge in [0, 0.05) is 26.1 Å². The summed E-state index contributed by atoms with van der Waals surface area (Å²) in [6, 6.07) is 0. The van der Waals surface area contributed by atoms with Crippen LogP contribution in [-0.4, -0.2) is 40.4 Å². The molecule has 2 heterocycles. The molecule has 1 fully saturated rings. The first-order valence-electron chi connectivity index (χ1n) is 5.96. The Morgan fingerprint density at radius 1 is 1.59 bits per heavy atom. The topological polar surface area (TPSA) is 58.4 Å². The van der Waals surface area contributed by atoms with Crippen molar-refractivity contribution in [3.8, 4) is 0 Å². The van der Waals surface area contributed by atoms with E-state index in [-0.39, 0.29) is 12.0 Å². The van der Waals surface area contributed by atoms with Crippen LogP contribution >= 0.6 is 0 Å². The van der Waals surface area contributed by atoms with Crippen molar-refractivity contribution in [1.82, 2.24) is 9.78 Å². The smallest absolute Gasteiger partial charge is 0.155 e. The van der Waals surface area contributed by atoms with Gasteiger partial charge in [-0.3, -0.25) is 9.48 Å². The summed E-state index contributed by atoms with van der Waals surface area (Å²) < 4.78 is 1.75. The molecule has 2 atom stereocenters. The van der Waals surface area contributed by atoms with Crippen LogP contribution in [0.2, 0.25) is 0 Å². The minimum absolute atomic E-state index is 0.282. The molecule has 5 nitrogen and oxygen atoms in total. The van der Waals surface area contributed by atoms with Crippen LogP contribution in [0.4, 0.5) is 5.82 Å². The predicted molar refractivity (Wildman–Crippen MR) is 65.3 cm³/mol. The summed E-state index contributed by atoms with van der Waals surface area (Å²) >= 11 is 0. The second kappa shape index (κ2) is 4.49. The summed E-state index contributed by atoms with van der Waals surface area (Å²) in [5.41, 5.74) is 1.43. The molecule has 94 valence electrons. The standard InChI is InChI=1S/C12H19N3O2/c1-8-11(7-16)12(14(3)13-8)15-5-4-10(6-15)9(2)17/h7,9-10,17H,4-6H2,1-3H3. The van der Waals surface area contributed by atoms with Crippen LogP contribution in [0.5, 0.6) is 0 Å². The summed E-state index contributed by atoms with van der Waals surface area (Å²) in [5, 5.41) is 13.9. The Bertz CT molecular complexity index is 426. The normalized spacial score (nSPS) is 21.9. The number of carbonyl (C=O) groups is 1. The zero-order valence-corrected chi connectivity index (χ0v) is 10.6. The van der Waals surface area contributed by atoms with Gasteiger partial charge in [-0.1, -0.05) is 0 Å². The Labute approximate surface area is 101 Å². The zero-order chi connectivity index (χ0) is 12.6. The highest BCUT2D eigenvalue weighted by Crippen LogP contribution is 2.28. The van der Waals surface area contributed by atoms with Crippen LogP contribution < -0.4 is 4.90 Å². The fourth-order valence-electron chi connectivity index (χ4n) is 2.55. The number of aliphatic hydroxyl groups is 1. The highest BCUT2D eigenvalue weighted by atomic mass is 16.3. The van der Waals surface area contributed by atoms with Crippen molar-refractivity contribution < 1.29 is 9.90 Å². The molecule has 17 heavy (non-hydrogen) atoms. The van der Waals surface area contributed by atoms with Gasteiger partial charge < -0.3 is 10.0 Å². The lowest BCUT2D eigenvalue weighted by molar-refractivity contribution is 0.112. The Kier molecular flexibility index (Phi) is 3.19. The molecule has 1 aromatic rings. The van der Waals surface area contributed by atoms with Crippen molar-refractivity contribution >= 4 is 12.1 Å². The van der Waals surface area contributed by atoms with E-state index >= 15 is 0 Å². The lowest BCUT2D eigenvalue weighted by Gasteiger charge is -2.20. The molecule has 0 spiro atoms. The first-order valence-corrected chi connectivity index (χ1v) is 5.96. The molecular weight excluding hydrogens is 218 g/mol. The zero-order valence-electron chi connectivity index (χ0n) is 10.6. The number of rotatable bonds is 3. The van der Waals surface area contributed by atoms with Gasteiger partial charge in [0.1, 0.15) is 5.82 Å². The average molecular weight is 237 g/mol. The Morgan fingerprint density at radius 3 is 2.82 bits per heavy atom. The minimum Gasteiger partial charge on any atom is -0.393 e. The molecule has 5 heteroatoms. The molecule has 0 bridgehead atoms. The van der Waals surface area contributed by atoms with Gasteiger partial charge in [-0.05, 0) is 20.3 Å². The van der Waals surface area contributed by atoms with Crippen molar-refractivity contribution in [3.05, 3.63) is 11.3 Å². The lowest BCUT2D eigenvalue weighted by atomic mass is 10.0. The number of aromatic nitrogens is 2. The van der Waals surface area contributed by atoms with E-state index in [1.165, 1.54) is 0 Å². The summed E-state index contributed by atoms with van der Waals surface area (Å²) in [6.45, 7) is 5.33. The molecule has 1 N–H and O–H groups in total. The second-order valence-electron chi connectivity index (χ2n) is 4.80. The van der Waals surface area contributed by atoms with Gasteiger partial charge in [0.15, 0.2) is 6.29 Å². The fourth-order valence-corrected chi connectivity index (χ4v) is 2.55. The van der Waals surface area contributed by atoms with E-state index in [0.29, 0.717) is 5.56 Å². The number of aldehydes is 1. The highest BCUT2D eigenvalue weighted by molar-refractivity contribution is 5.84. The van der Waals surface area contributed by atoms with Gasteiger partial charge in [0.25, 0.3) is 0 Å². The van der Waals surface area contributed by atoms with Crippen LogP contribution in [0.15, 0.2) is 0 Å². The maximum absolute atomic E-state index is 11.1. The van der Waals surface area contributed by atoms with Crippen molar-refractivity contribution in [1.29, 1.82) is 0 Å². The number of aryl methyl sites for hydroxylation is 2. The molecule has 1 aliphatic rings. The number of hydrogen-bond donors (Lipinski definition) is 1. The molecular formula is C12H19N3O2. The van der Waals surface area contributed by atoms with E-state index in [0.717, 1.165) is 37.3 Å². The Morgan fingerprint density at radius 2 is 2.29 bits per heavy atom. The molecule has 0 saturated carbocycles. The third kappa shape index (κ3) is 2.07. The van der Waals surface area contributed by atoms with Crippen LogP contribution in [0.3, 0.4) is 0 Å². The number of hydrogen-bond acceptors (Lipinski definition) is 4. The molecule has 0 aromatic carbocycles. The third-order valence-corrected chi connectivity index (χ3v) is 3.56. The number of nitrogens with zero attached hydrogens (tertiary/aromatic N) is 3. The van der Waals surface area contributed by atoms with E-state index < -0.39 is 0 Å². The van der Waals surface area contributed by atoms with Crippen molar-refractivity contribution in [2.24, 2.45) is 13.0 Å². The maximum atomic E-state index is 11.1. The largest absolute Gasteiger partial charge is 0.393 e. The first kappa shape index (κ1) is 12.1. The molecule has 1 aliphatic heterocycles. The highest BCUT2D eigenvalue weighted by Gasteiger charge is 2.29. The van der Waals surface area contributed by atoms with Crippen LogP contribution in [0.25, 0.3) is 0 Å². The van der Waals surface area contributed by atoms with Crippen molar-refractivity contribution in [2.75, 3.05) is 18.0 Å². The number of carbonyl (C=O) groups excluding carboxylic acids is 1. The molecule has 0 aliphatic carbocycles. The summed E-state index contributed by atoms with van der Waals surface area (Å²) in [7, 11) is 1.85. The monoisotopic (exact) mass is 237 g/mol. The Balaban J connectivity index is 2.27. The van der Waals surface area contributed by atoms with Crippen LogP contribution in [-0.2, 0) is 7.05 Å². The van der Waals surface area contributed by atoms with Gasteiger partial charge in [-0.15, -0.1) is 0 Å². The maximum Gasteiger partial charge on any atom is 0.155 e. The molecule has 0 amide bonds. The average Bonchev–Trinajstić information content (AvgIpc) is 2.82. The molecule has 2 rings (SSSR count). The SMILES string of the molecule is Cc1nn(C)c(N2CCC(C(C)O)C2)c1C=O. The third-order valence-electron chi connectivity index (χ3n) is 3.56. The summed E-state index contributed by atoms with van der Waals surface area (Å²) in [6.07, 6.45) is 1.53. The first-order chi connectivity index (χ1) is 8.04. The molecule has 0 radical (unpaired) electrons. The van der Waals surface area contributed by atoms with Crippen LogP contribution in [0, 0.1) is 12.8 Å². The summed E-state index contributed by atoms with van der Waals surface area (Å²) in [5.74, 6) is 1.16. The van der Waals surface area contributed by atoms with Gasteiger partial charge in [0.05, 0.1) is 17.4 Å². The lowest BCUT2D eigenvalue weighted by Crippen LogP contribution is -2.26. The van der Waals surface area contributed by atoms with Crippen molar-refractivity contribution in [3.63, 3.8) is 0 Å². The quantitative estimate of drug-likeness (QED) is 0.788. The Hall–Kier alpha value is -1.36. The van der Waals surface area contributed by atoms with E-state index in [9.17, 15) is 9.90 Å². The fraction of sp³-hybridized carbons (Fsp3) is 0.667. The van der Waals surface area contributed by atoms with Gasteiger partial charge in [0.2, 0.25) is 0 Å². The molecule has 1 aromatic heterocycles. The van der Waals surface area contributed by atoms with E-state index in [2.05, 4.69) is 10.00 Å². The van der Waals surface area contributed by atoms with Gasteiger partial charge in [-0.25, -0.2) is 0 Å². The van der Waals surface area contributed by atoms with Crippen molar-refractivity contribution in [2.45, 2.75) is 26.4 Å². The van der Waals surface area contributed by atoms with E-state index in [4.69, 9.17) is 0 Å². The molecule has 2 unspecified atom stereocenters. The van der Waals surface area contributed by atoms with Crippen LogP contribution in [0.1, 0.15) is 29.4 Å². The van der Waals surface area contributed by atoms with Gasteiger partial charge >= 0.3 is 0 Å². The number of anilines is 1. The van der Waals surface area contributed by atoms with E-state index in [1.54, 1.807) is 4.68 Å². The summed E-state index contributed by atoms with van der Waals surface area (Å²) in [4.78, 5) is 13.2. The van der Waals surface area contributed by atoms with E-state index in [1.807, 2.05) is 20.9 Å². The minimum atomic E-state index is -0.297. The second-order valence-corrected chi connectivity index (χ2v) is 4.80. The van der Waals surface area contributed by atoms with Gasteiger partial charge in [-0.2, -0.15) is 5.10 Å². The number of aliphatic hydroxyl groups excluding tert-OH is 1. The predicted octanol–water partition coefficient (Wildman–Crippen LogP) is 0.748. The molecule has 1 saturated heterocycles.